The number of carbonyl (C=O) groups excluding carboxylic acids is 1. The van der Waals surface area contributed by atoms with Crippen LogP contribution in [0, 0.1) is 6.92 Å². The lowest BCUT2D eigenvalue weighted by Gasteiger charge is -2.36. The second kappa shape index (κ2) is 10.3. The minimum absolute atomic E-state index is 0.0697. The van der Waals surface area contributed by atoms with E-state index in [0.717, 1.165) is 34.5 Å². The maximum atomic E-state index is 12.4. The molecule has 1 amide bonds. The molecule has 1 aliphatic rings. The number of nitrogens with zero attached hydrogens (tertiary/aromatic N) is 3. The third kappa shape index (κ3) is 6.21. The molecule has 9 heteroatoms. The van der Waals surface area contributed by atoms with E-state index < -0.39 is 0 Å². The standard InChI is InChI=1S/C23H27N5O2S2/c1-15-5-4-6-19(11-15)25-22-26-27-23(32-22)31-14-21(29)24-18-7-9-20(10-8-18)28-12-16(2)30-17(3)13-28/h4-11,16-17H,12-14H2,1-3H3,(H,24,29)(H,25,26). The Bertz CT molecular complexity index is 1050. The first-order chi connectivity index (χ1) is 15.4. The highest BCUT2D eigenvalue weighted by Gasteiger charge is 2.22. The predicted octanol–water partition coefficient (Wildman–Crippen LogP) is 4.93. The maximum absolute atomic E-state index is 12.4. The molecule has 0 saturated carbocycles. The zero-order chi connectivity index (χ0) is 22.5. The van der Waals surface area contributed by atoms with Crippen LogP contribution in [0.4, 0.5) is 22.2 Å². The summed E-state index contributed by atoms with van der Waals surface area (Å²) in [5.41, 5.74) is 4.07. The number of thioether (sulfide) groups is 1. The molecule has 2 heterocycles. The van der Waals surface area contributed by atoms with Gasteiger partial charge in [0.15, 0.2) is 4.34 Å². The van der Waals surface area contributed by atoms with Gasteiger partial charge in [0, 0.05) is 30.2 Å². The van der Waals surface area contributed by atoms with Crippen LogP contribution in [-0.4, -0.2) is 47.2 Å². The summed E-state index contributed by atoms with van der Waals surface area (Å²) in [6, 6.07) is 16.0. The van der Waals surface area contributed by atoms with Gasteiger partial charge >= 0.3 is 0 Å². The Kier molecular flexibility index (Phi) is 7.29. The van der Waals surface area contributed by atoms with Crippen LogP contribution in [-0.2, 0) is 9.53 Å². The van der Waals surface area contributed by atoms with Crippen molar-refractivity contribution in [1.29, 1.82) is 0 Å². The summed E-state index contributed by atoms with van der Waals surface area (Å²) in [5, 5.41) is 15.2. The fourth-order valence-electron chi connectivity index (χ4n) is 3.63. The molecule has 4 rings (SSSR count). The fourth-order valence-corrected chi connectivity index (χ4v) is 5.21. The Morgan fingerprint density at radius 3 is 2.59 bits per heavy atom. The van der Waals surface area contributed by atoms with Gasteiger partial charge in [0.1, 0.15) is 0 Å². The molecule has 0 aliphatic carbocycles. The van der Waals surface area contributed by atoms with Gasteiger partial charge in [0.05, 0.1) is 18.0 Å². The molecule has 0 bridgehead atoms. The van der Waals surface area contributed by atoms with E-state index in [1.54, 1.807) is 0 Å². The van der Waals surface area contributed by atoms with Gasteiger partial charge in [-0.2, -0.15) is 0 Å². The summed E-state index contributed by atoms with van der Waals surface area (Å²) in [6.45, 7) is 7.97. The minimum Gasteiger partial charge on any atom is -0.372 e. The smallest absolute Gasteiger partial charge is 0.234 e. The van der Waals surface area contributed by atoms with Crippen molar-refractivity contribution in [1.82, 2.24) is 10.2 Å². The van der Waals surface area contributed by atoms with E-state index in [1.165, 1.54) is 28.7 Å². The summed E-state index contributed by atoms with van der Waals surface area (Å²) in [6.07, 6.45) is 0.422. The average Bonchev–Trinajstić information content (AvgIpc) is 3.19. The summed E-state index contributed by atoms with van der Waals surface area (Å²) < 4.78 is 6.55. The number of benzene rings is 2. The topological polar surface area (TPSA) is 79.4 Å². The minimum atomic E-state index is -0.0697. The van der Waals surface area contributed by atoms with Crippen LogP contribution in [0.3, 0.4) is 0 Å². The summed E-state index contributed by atoms with van der Waals surface area (Å²) >= 11 is 2.81. The van der Waals surface area contributed by atoms with Crippen LogP contribution in [0.5, 0.6) is 0 Å². The molecule has 3 aromatic rings. The number of carbonyl (C=O) groups is 1. The summed E-state index contributed by atoms with van der Waals surface area (Å²) in [7, 11) is 0. The van der Waals surface area contributed by atoms with Gasteiger partial charge in [-0.05, 0) is 62.7 Å². The SMILES string of the molecule is Cc1cccc(Nc2nnc(SCC(=O)Nc3ccc(N4CC(C)OC(C)C4)cc3)s2)c1. The zero-order valence-corrected chi connectivity index (χ0v) is 20.0. The van der Waals surface area contributed by atoms with Crippen molar-refractivity contribution in [3.63, 3.8) is 0 Å². The van der Waals surface area contributed by atoms with Gasteiger partial charge in [0.2, 0.25) is 11.0 Å². The van der Waals surface area contributed by atoms with Crippen molar-refractivity contribution < 1.29 is 9.53 Å². The lowest BCUT2D eigenvalue weighted by atomic mass is 10.2. The van der Waals surface area contributed by atoms with Crippen LogP contribution < -0.4 is 15.5 Å². The number of aryl methyl sites for hydroxylation is 1. The van der Waals surface area contributed by atoms with E-state index >= 15 is 0 Å². The molecule has 1 aliphatic heterocycles. The first-order valence-electron chi connectivity index (χ1n) is 10.5. The molecule has 1 fully saturated rings. The van der Waals surface area contributed by atoms with Crippen molar-refractivity contribution in [2.75, 3.05) is 34.4 Å². The molecule has 2 N–H and O–H groups in total. The number of rotatable bonds is 7. The molecule has 2 aromatic carbocycles. The molecular formula is C23H27N5O2S2. The third-order valence-electron chi connectivity index (χ3n) is 4.94. The number of morpholine rings is 1. The molecule has 2 atom stereocenters. The van der Waals surface area contributed by atoms with E-state index in [0.29, 0.717) is 5.13 Å². The van der Waals surface area contributed by atoms with E-state index in [9.17, 15) is 4.79 Å². The molecule has 168 valence electrons. The average molecular weight is 470 g/mol. The van der Waals surface area contributed by atoms with Gasteiger partial charge in [0.25, 0.3) is 0 Å². The highest BCUT2D eigenvalue weighted by atomic mass is 32.2. The van der Waals surface area contributed by atoms with Crippen molar-refractivity contribution in [2.45, 2.75) is 37.3 Å². The Hall–Kier alpha value is -2.62. The van der Waals surface area contributed by atoms with Crippen molar-refractivity contribution in [3.05, 3.63) is 54.1 Å². The molecule has 7 nitrogen and oxygen atoms in total. The zero-order valence-electron chi connectivity index (χ0n) is 18.4. The molecule has 2 unspecified atom stereocenters. The normalized spacial score (nSPS) is 18.4. The molecular weight excluding hydrogens is 442 g/mol. The number of nitrogens with one attached hydrogen (secondary N) is 2. The Morgan fingerprint density at radius 2 is 1.88 bits per heavy atom. The van der Waals surface area contributed by atoms with Crippen molar-refractivity contribution in [3.8, 4) is 0 Å². The van der Waals surface area contributed by atoms with Crippen LogP contribution in [0.2, 0.25) is 0 Å². The Morgan fingerprint density at radius 1 is 1.12 bits per heavy atom. The first-order valence-corrected chi connectivity index (χ1v) is 12.3. The van der Waals surface area contributed by atoms with Gasteiger partial charge < -0.3 is 20.3 Å². The number of ether oxygens (including phenoxy) is 1. The molecule has 32 heavy (non-hydrogen) atoms. The number of hydrogen-bond acceptors (Lipinski definition) is 8. The van der Waals surface area contributed by atoms with Gasteiger partial charge in [-0.25, -0.2) is 0 Å². The Labute approximate surface area is 196 Å². The monoisotopic (exact) mass is 469 g/mol. The van der Waals surface area contributed by atoms with E-state index in [1.807, 2.05) is 55.5 Å². The molecule has 0 spiro atoms. The quantitative estimate of drug-likeness (QED) is 0.475. The second-order valence-corrected chi connectivity index (χ2v) is 10.1. The highest BCUT2D eigenvalue weighted by Crippen LogP contribution is 2.28. The first kappa shape index (κ1) is 22.6. The fraction of sp³-hybridized carbons (Fsp3) is 0.348. The number of aromatic nitrogens is 2. The van der Waals surface area contributed by atoms with Crippen molar-refractivity contribution in [2.24, 2.45) is 0 Å². The van der Waals surface area contributed by atoms with Crippen LogP contribution in [0.25, 0.3) is 0 Å². The van der Waals surface area contributed by atoms with Gasteiger partial charge in [-0.1, -0.05) is 35.2 Å². The number of hydrogen-bond donors (Lipinski definition) is 2. The van der Waals surface area contributed by atoms with Crippen LogP contribution >= 0.6 is 23.1 Å². The van der Waals surface area contributed by atoms with E-state index in [-0.39, 0.29) is 23.9 Å². The molecule has 0 radical (unpaired) electrons. The third-order valence-corrected chi connectivity index (χ3v) is 6.91. The Balaban J connectivity index is 1.26. The summed E-state index contributed by atoms with van der Waals surface area (Å²) in [5.74, 6) is 0.207. The molecule has 1 saturated heterocycles. The van der Waals surface area contributed by atoms with E-state index in [2.05, 4.69) is 39.6 Å². The van der Waals surface area contributed by atoms with Crippen molar-refractivity contribution >= 4 is 51.2 Å². The van der Waals surface area contributed by atoms with Gasteiger partial charge in [-0.3, -0.25) is 4.79 Å². The largest absolute Gasteiger partial charge is 0.372 e. The van der Waals surface area contributed by atoms with E-state index in [4.69, 9.17) is 4.74 Å². The lowest BCUT2D eigenvalue weighted by Crippen LogP contribution is -2.45. The van der Waals surface area contributed by atoms with Gasteiger partial charge in [-0.15, -0.1) is 10.2 Å². The van der Waals surface area contributed by atoms with Crippen LogP contribution in [0.15, 0.2) is 52.9 Å². The summed E-state index contributed by atoms with van der Waals surface area (Å²) in [4.78, 5) is 14.7. The van der Waals surface area contributed by atoms with Crippen LogP contribution in [0.1, 0.15) is 19.4 Å². The second-order valence-electron chi connectivity index (χ2n) is 7.91. The maximum Gasteiger partial charge on any atom is 0.234 e. The number of amides is 1. The number of anilines is 4. The lowest BCUT2D eigenvalue weighted by molar-refractivity contribution is -0.113. The molecule has 1 aromatic heterocycles. The predicted molar refractivity (Wildman–Crippen MR) is 132 cm³/mol. The highest BCUT2D eigenvalue weighted by molar-refractivity contribution is 8.01.